The van der Waals surface area contributed by atoms with Crippen LogP contribution in [0, 0.1) is 6.92 Å². The summed E-state index contributed by atoms with van der Waals surface area (Å²) in [4.78, 5) is 16.0. The van der Waals surface area contributed by atoms with Gasteiger partial charge < -0.3 is 9.30 Å². The van der Waals surface area contributed by atoms with Crippen LogP contribution in [-0.4, -0.2) is 22.1 Å². The zero-order chi connectivity index (χ0) is 13.1. The lowest BCUT2D eigenvalue weighted by molar-refractivity contribution is -0.143. The molecule has 0 bridgehead atoms. The quantitative estimate of drug-likeness (QED) is 0.631. The zero-order valence-electron chi connectivity index (χ0n) is 10.4. The van der Waals surface area contributed by atoms with E-state index in [1.165, 1.54) is 0 Å². The molecule has 0 N–H and O–H groups in total. The fourth-order valence-corrected chi connectivity index (χ4v) is 2.10. The van der Waals surface area contributed by atoms with E-state index in [1.807, 2.05) is 29.7 Å². The minimum absolute atomic E-state index is 0.149. The number of nitrogens with zero attached hydrogens (tertiary/aromatic N) is 2. The molecule has 1 aromatic carbocycles. The van der Waals surface area contributed by atoms with Crippen molar-refractivity contribution < 1.29 is 9.53 Å². The minimum atomic E-state index is -0.273. The fourth-order valence-electron chi connectivity index (χ4n) is 1.90. The third kappa shape index (κ3) is 2.48. The van der Waals surface area contributed by atoms with Crippen molar-refractivity contribution in [3.63, 3.8) is 0 Å². The van der Waals surface area contributed by atoms with Crippen LogP contribution in [0.15, 0.2) is 18.2 Å². The summed E-state index contributed by atoms with van der Waals surface area (Å²) in [5.41, 5.74) is 2.88. The molecular weight excluding hydrogens is 252 g/mol. The van der Waals surface area contributed by atoms with Gasteiger partial charge in [0.25, 0.3) is 0 Å². The van der Waals surface area contributed by atoms with E-state index < -0.39 is 0 Å². The van der Waals surface area contributed by atoms with Crippen LogP contribution < -0.4 is 0 Å². The monoisotopic (exact) mass is 266 g/mol. The number of halogens is 1. The maximum absolute atomic E-state index is 11.6. The van der Waals surface area contributed by atoms with E-state index in [4.69, 9.17) is 16.3 Å². The number of ether oxygens (including phenoxy) is 1. The first-order chi connectivity index (χ1) is 8.65. The van der Waals surface area contributed by atoms with Crippen LogP contribution in [0.5, 0.6) is 0 Å². The summed E-state index contributed by atoms with van der Waals surface area (Å²) < 4.78 is 6.78. The molecular formula is C13H15ClN2O2. The van der Waals surface area contributed by atoms with Gasteiger partial charge in [0, 0.05) is 0 Å². The Bertz CT molecular complexity index is 578. The van der Waals surface area contributed by atoms with Crippen LogP contribution in [0.3, 0.4) is 0 Å². The molecule has 5 heteroatoms. The molecule has 0 unspecified atom stereocenters. The number of hydrogen-bond acceptors (Lipinski definition) is 3. The first-order valence-electron chi connectivity index (χ1n) is 5.83. The summed E-state index contributed by atoms with van der Waals surface area (Å²) in [6.45, 7) is 4.31. The van der Waals surface area contributed by atoms with Gasteiger partial charge in [-0.15, -0.1) is 11.6 Å². The van der Waals surface area contributed by atoms with Crippen molar-refractivity contribution >= 4 is 28.6 Å². The molecule has 1 aromatic heterocycles. The first-order valence-corrected chi connectivity index (χ1v) is 6.36. The van der Waals surface area contributed by atoms with E-state index >= 15 is 0 Å². The molecule has 4 nitrogen and oxygen atoms in total. The van der Waals surface area contributed by atoms with Crippen molar-refractivity contribution in [2.24, 2.45) is 0 Å². The van der Waals surface area contributed by atoms with Crippen molar-refractivity contribution in [3.05, 3.63) is 29.6 Å². The average Bonchev–Trinajstić information content (AvgIpc) is 2.67. The highest BCUT2D eigenvalue weighted by atomic mass is 35.5. The molecule has 0 aliphatic rings. The highest BCUT2D eigenvalue weighted by molar-refractivity contribution is 6.16. The summed E-state index contributed by atoms with van der Waals surface area (Å²) in [5, 5.41) is 0. The number of benzene rings is 1. The van der Waals surface area contributed by atoms with Gasteiger partial charge in [-0.2, -0.15) is 0 Å². The van der Waals surface area contributed by atoms with E-state index in [2.05, 4.69) is 4.98 Å². The topological polar surface area (TPSA) is 44.1 Å². The summed E-state index contributed by atoms with van der Waals surface area (Å²) >= 11 is 5.87. The Morgan fingerprint density at radius 2 is 2.28 bits per heavy atom. The average molecular weight is 267 g/mol. The van der Waals surface area contributed by atoms with Gasteiger partial charge in [0.2, 0.25) is 0 Å². The molecule has 2 aromatic rings. The molecule has 0 fully saturated rings. The molecule has 0 aliphatic heterocycles. The van der Waals surface area contributed by atoms with Crippen LogP contribution in [0.25, 0.3) is 11.0 Å². The second-order valence-corrected chi connectivity index (χ2v) is 4.31. The third-order valence-corrected chi connectivity index (χ3v) is 2.93. The van der Waals surface area contributed by atoms with Gasteiger partial charge in [0.15, 0.2) is 0 Å². The van der Waals surface area contributed by atoms with E-state index in [9.17, 15) is 4.79 Å². The van der Waals surface area contributed by atoms with Gasteiger partial charge >= 0.3 is 5.97 Å². The Morgan fingerprint density at radius 1 is 1.50 bits per heavy atom. The van der Waals surface area contributed by atoms with E-state index in [0.717, 1.165) is 16.6 Å². The third-order valence-electron chi connectivity index (χ3n) is 2.69. The fraction of sp³-hybridized carbons (Fsp3) is 0.385. The van der Waals surface area contributed by atoms with Crippen LogP contribution >= 0.6 is 11.6 Å². The van der Waals surface area contributed by atoms with Crippen LogP contribution in [0.4, 0.5) is 0 Å². The lowest BCUT2D eigenvalue weighted by Gasteiger charge is -2.07. The smallest absolute Gasteiger partial charge is 0.326 e. The molecule has 2 rings (SSSR count). The summed E-state index contributed by atoms with van der Waals surface area (Å²) in [5.74, 6) is 0.683. The molecule has 0 spiro atoms. The Hall–Kier alpha value is -1.55. The zero-order valence-corrected chi connectivity index (χ0v) is 11.2. The second kappa shape index (κ2) is 5.40. The highest BCUT2D eigenvalue weighted by Gasteiger charge is 2.13. The lowest BCUT2D eigenvalue weighted by atomic mass is 10.2. The summed E-state index contributed by atoms with van der Waals surface area (Å²) in [6.07, 6.45) is 0. The summed E-state index contributed by atoms with van der Waals surface area (Å²) in [6, 6.07) is 5.92. The standard InChI is InChI=1S/C13H15ClN2O2/c1-3-18-13(17)8-16-11-6-9(2)4-5-10(11)15-12(16)7-14/h4-6H,3,7-8H2,1-2H3. The molecule has 18 heavy (non-hydrogen) atoms. The number of hydrogen-bond donors (Lipinski definition) is 0. The van der Waals surface area contributed by atoms with Gasteiger partial charge in [-0.25, -0.2) is 4.98 Å². The number of aromatic nitrogens is 2. The second-order valence-electron chi connectivity index (χ2n) is 4.04. The summed E-state index contributed by atoms with van der Waals surface area (Å²) in [7, 11) is 0. The molecule has 0 atom stereocenters. The van der Waals surface area contributed by atoms with Crippen molar-refractivity contribution in [1.82, 2.24) is 9.55 Å². The van der Waals surface area contributed by atoms with E-state index in [1.54, 1.807) is 6.92 Å². The van der Waals surface area contributed by atoms with Gasteiger partial charge in [0.1, 0.15) is 12.4 Å². The molecule has 0 radical (unpaired) electrons. The number of alkyl halides is 1. The Labute approximate surface area is 111 Å². The number of imidazole rings is 1. The Morgan fingerprint density at radius 3 is 2.94 bits per heavy atom. The van der Waals surface area contributed by atoms with Gasteiger partial charge in [-0.05, 0) is 31.5 Å². The van der Waals surface area contributed by atoms with Gasteiger partial charge in [-0.1, -0.05) is 6.07 Å². The molecule has 0 saturated carbocycles. The van der Waals surface area contributed by atoms with Gasteiger partial charge in [-0.3, -0.25) is 4.79 Å². The lowest BCUT2D eigenvalue weighted by Crippen LogP contribution is -2.15. The number of rotatable bonds is 4. The molecule has 0 amide bonds. The Kier molecular flexibility index (Phi) is 3.87. The van der Waals surface area contributed by atoms with Crippen molar-refractivity contribution in [1.29, 1.82) is 0 Å². The number of esters is 1. The maximum atomic E-state index is 11.6. The Balaban J connectivity index is 2.45. The van der Waals surface area contributed by atoms with Crippen LogP contribution in [0.2, 0.25) is 0 Å². The number of aryl methyl sites for hydroxylation is 1. The normalized spacial score (nSPS) is 10.8. The minimum Gasteiger partial charge on any atom is -0.465 e. The van der Waals surface area contributed by atoms with E-state index in [0.29, 0.717) is 12.4 Å². The number of carbonyl (C=O) groups excluding carboxylic acids is 1. The molecule has 0 saturated heterocycles. The molecule has 0 aliphatic carbocycles. The highest BCUT2D eigenvalue weighted by Crippen LogP contribution is 2.19. The van der Waals surface area contributed by atoms with Crippen molar-refractivity contribution in [2.45, 2.75) is 26.3 Å². The maximum Gasteiger partial charge on any atom is 0.326 e. The first kappa shape index (κ1) is 12.9. The molecule has 1 heterocycles. The van der Waals surface area contributed by atoms with Crippen LogP contribution in [0.1, 0.15) is 18.3 Å². The predicted octanol–water partition coefficient (Wildman–Crippen LogP) is 2.65. The number of carbonyl (C=O) groups is 1. The van der Waals surface area contributed by atoms with Crippen molar-refractivity contribution in [3.8, 4) is 0 Å². The number of fused-ring (bicyclic) bond motifs is 1. The SMILES string of the molecule is CCOC(=O)Cn1c(CCl)nc2ccc(C)cc21. The molecule has 96 valence electrons. The van der Waals surface area contributed by atoms with E-state index in [-0.39, 0.29) is 18.4 Å². The largest absolute Gasteiger partial charge is 0.465 e. The van der Waals surface area contributed by atoms with Crippen molar-refractivity contribution in [2.75, 3.05) is 6.61 Å². The van der Waals surface area contributed by atoms with Crippen LogP contribution in [-0.2, 0) is 22.0 Å². The van der Waals surface area contributed by atoms with Gasteiger partial charge in [0.05, 0.1) is 23.5 Å². The predicted molar refractivity (Wildman–Crippen MR) is 70.7 cm³/mol.